The number of hydroxylamine groups is 2. The predicted molar refractivity (Wildman–Crippen MR) is 131 cm³/mol. The van der Waals surface area contributed by atoms with Gasteiger partial charge in [0.25, 0.3) is 5.91 Å². The van der Waals surface area contributed by atoms with Crippen molar-refractivity contribution in [3.8, 4) is 0 Å². The molecule has 1 amide bonds. The molecule has 33 heavy (non-hydrogen) atoms. The van der Waals surface area contributed by atoms with Gasteiger partial charge in [0, 0.05) is 32.7 Å². The van der Waals surface area contributed by atoms with Crippen LogP contribution >= 0.6 is 0 Å². The SMILES string of the molecule is CON(C)C(=O)c1cc(N(Cc2ccccc2)CC2CC2C)nc(N(C)S(=O)(=O)C(C)C)c1. The zero-order valence-electron chi connectivity index (χ0n) is 20.2. The third-order valence-electron chi connectivity index (χ3n) is 6.18. The topological polar surface area (TPSA) is 83.1 Å². The smallest absolute Gasteiger partial charge is 0.277 e. The maximum Gasteiger partial charge on any atom is 0.277 e. The van der Waals surface area contributed by atoms with E-state index in [1.165, 1.54) is 27.3 Å². The molecule has 1 aliphatic rings. The first-order valence-corrected chi connectivity index (χ1v) is 12.7. The summed E-state index contributed by atoms with van der Waals surface area (Å²) < 4.78 is 26.9. The summed E-state index contributed by atoms with van der Waals surface area (Å²) in [6.07, 6.45) is 1.14. The van der Waals surface area contributed by atoms with Crippen molar-refractivity contribution in [3.05, 3.63) is 53.6 Å². The fourth-order valence-corrected chi connectivity index (χ4v) is 4.63. The van der Waals surface area contributed by atoms with E-state index in [-0.39, 0.29) is 11.7 Å². The van der Waals surface area contributed by atoms with E-state index in [1.807, 2.05) is 30.3 Å². The van der Waals surface area contributed by atoms with E-state index in [9.17, 15) is 13.2 Å². The monoisotopic (exact) mass is 474 g/mol. The van der Waals surface area contributed by atoms with Gasteiger partial charge in [-0.25, -0.2) is 18.5 Å². The van der Waals surface area contributed by atoms with Crippen LogP contribution in [0.15, 0.2) is 42.5 Å². The highest BCUT2D eigenvalue weighted by atomic mass is 32.2. The number of carbonyl (C=O) groups is 1. The summed E-state index contributed by atoms with van der Waals surface area (Å²) in [6.45, 7) is 6.85. The molecule has 1 heterocycles. The van der Waals surface area contributed by atoms with Crippen molar-refractivity contribution >= 4 is 27.6 Å². The third kappa shape index (κ3) is 5.83. The van der Waals surface area contributed by atoms with Gasteiger partial charge in [0.15, 0.2) is 0 Å². The largest absolute Gasteiger partial charge is 0.352 e. The molecule has 2 unspecified atom stereocenters. The van der Waals surface area contributed by atoms with E-state index in [1.54, 1.807) is 19.9 Å². The van der Waals surface area contributed by atoms with Crippen LogP contribution in [0, 0.1) is 11.8 Å². The van der Waals surface area contributed by atoms with E-state index >= 15 is 0 Å². The van der Waals surface area contributed by atoms with Crippen molar-refractivity contribution in [2.24, 2.45) is 11.8 Å². The second kappa shape index (κ2) is 10.1. The van der Waals surface area contributed by atoms with Gasteiger partial charge in [-0.1, -0.05) is 37.3 Å². The summed E-state index contributed by atoms with van der Waals surface area (Å²) in [6, 6.07) is 13.3. The van der Waals surface area contributed by atoms with Gasteiger partial charge in [0.2, 0.25) is 10.0 Å². The Balaban J connectivity index is 2.08. The molecule has 0 bridgehead atoms. The van der Waals surface area contributed by atoms with Crippen LogP contribution in [-0.2, 0) is 21.4 Å². The van der Waals surface area contributed by atoms with Gasteiger partial charge in [-0.3, -0.25) is 13.9 Å². The Hall–Kier alpha value is -2.65. The highest BCUT2D eigenvalue weighted by Gasteiger charge is 2.35. The molecule has 0 spiro atoms. The molecular weight excluding hydrogens is 440 g/mol. The number of hydrogen-bond acceptors (Lipinski definition) is 6. The van der Waals surface area contributed by atoms with Crippen molar-refractivity contribution in [1.82, 2.24) is 10.0 Å². The van der Waals surface area contributed by atoms with Crippen LogP contribution in [-0.4, -0.2) is 57.4 Å². The van der Waals surface area contributed by atoms with Gasteiger partial charge in [0.1, 0.15) is 11.6 Å². The second-order valence-electron chi connectivity index (χ2n) is 8.96. The summed E-state index contributed by atoms with van der Waals surface area (Å²) >= 11 is 0. The maximum absolute atomic E-state index is 12.9. The second-order valence-corrected chi connectivity index (χ2v) is 11.5. The lowest BCUT2D eigenvalue weighted by atomic mass is 10.1. The van der Waals surface area contributed by atoms with Crippen LogP contribution in [0.25, 0.3) is 0 Å². The van der Waals surface area contributed by atoms with E-state index in [4.69, 9.17) is 9.82 Å². The molecule has 1 aromatic heterocycles. The molecule has 2 aromatic rings. The van der Waals surface area contributed by atoms with Crippen LogP contribution < -0.4 is 9.21 Å². The molecule has 8 nitrogen and oxygen atoms in total. The minimum atomic E-state index is -3.62. The van der Waals surface area contributed by atoms with Crippen molar-refractivity contribution in [3.63, 3.8) is 0 Å². The van der Waals surface area contributed by atoms with Gasteiger partial charge in [-0.05, 0) is 49.8 Å². The van der Waals surface area contributed by atoms with Crippen LogP contribution in [0.5, 0.6) is 0 Å². The minimum Gasteiger partial charge on any atom is -0.352 e. The molecule has 3 rings (SSSR count). The number of amides is 1. The normalized spacial score (nSPS) is 17.7. The summed E-state index contributed by atoms with van der Waals surface area (Å²) in [5.74, 6) is 1.57. The van der Waals surface area contributed by atoms with Crippen molar-refractivity contribution in [1.29, 1.82) is 0 Å². The molecule has 0 N–H and O–H groups in total. The zero-order chi connectivity index (χ0) is 24.3. The van der Waals surface area contributed by atoms with E-state index in [2.05, 4.69) is 11.8 Å². The maximum atomic E-state index is 12.9. The zero-order valence-corrected chi connectivity index (χ0v) is 21.0. The summed E-state index contributed by atoms with van der Waals surface area (Å²) in [5.41, 5.74) is 1.43. The lowest BCUT2D eigenvalue weighted by Gasteiger charge is -2.28. The Labute approximate surface area is 197 Å². The molecule has 180 valence electrons. The first-order valence-electron chi connectivity index (χ1n) is 11.2. The van der Waals surface area contributed by atoms with Crippen LogP contribution in [0.1, 0.15) is 43.1 Å². The van der Waals surface area contributed by atoms with Gasteiger partial charge >= 0.3 is 0 Å². The third-order valence-corrected chi connectivity index (χ3v) is 8.32. The Morgan fingerprint density at radius 3 is 2.30 bits per heavy atom. The average molecular weight is 475 g/mol. The van der Waals surface area contributed by atoms with Crippen molar-refractivity contribution in [2.45, 2.75) is 39.0 Å². The number of benzene rings is 1. The molecule has 2 atom stereocenters. The van der Waals surface area contributed by atoms with Gasteiger partial charge < -0.3 is 4.90 Å². The Kier molecular flexibility index (Phi) is 7.64. The number of carbonyl (C=O) groups excluding carboxylic acids is 1. The minimum absolute atomic E-state index is 0.205. The summed E-state index contributed by atoms with van der Waals surface area (Å²) in [4.78, 5) is 24.9. The molecule has 0 saturated heterocycles. The molecule has 0 aliphatic heterocycles. The predicted octanol–water partition coefficient (Wildman–Crippen LogP) is 3.55. The Morgan fingerprint density at radius 2 is 1.76 bits per heavy atom. The molecule has 1 aromatic carbocycles. The molecule has 0 radical (unpaired) electrons. The average Bonchev–Trinajstić information content (AvgIpc) is 3.51. The van der Waals surface area contributed by atoms with Crippen LogP contribution in [0.4, 0.5) is 11.6 Å². The number of sulfonamides is 1. The van der Waals surface area contributed by atoms with Gasteiger partial charge in [-0.2, -0.15) is 0 Å². The number of hydrogen-bond donors (Lipinski definition) is 0. The number of rotatable bonds is 10. The number of pyridine rings is 1. The molecule has 9 heteroatoms. The standard InChI is InChI=1S/C24H34N4O4S/c1-17(2)33(30,31)27(5)22-13-20(24(29)26(4)32-6)14-23(25-22)28(16-21-12-18(21)3)15-19-10-8-7-9-11-19/h7-11,13-14,17-18,21H,12,15-16H2,1-6H3. The number of anilines is 2. The van der Waals surface area contributed by atoms with Crippen molar-refractivity contribution < 1.29 is 18.0 Å². The van der Waals surface area contributed by atoms with E-state index in [0.717, 1.165) is 27.9 Å². The van der Waals surface area contributed by atoms with Crippen molar-refractivity contribution in [2.75, 3.05) is 37.0 Å². The van der Waals surface area contributed by atoms with Gasteiger partial charge in [-0.15, -0.1) is 0 Å². The molecular formula is C24H34N4O4S. The number of aromatic nitrogens is 1. The van der Waals surface area contributed by atoms with Crippen LogP contribution in [0.3, 0.4) is 0 Å². The Morgan fingerprint density at radius 1 is 1.15 bits per heavy atom. The molecule has 1 saturated carbocycles. The summed E-state index contributed by atoms with van der Waals surface area (Å²) in [7, 11) is 0.777. The highest BCUT2D eigenvalue weighted by molar-refractivity contribution is 7.93. The Bertz CT molecular complexity index is 1080. The fraction of sp³-hybridized carbons (Fsp3) is 0.500. The van der Waals surface area contributed by atoms with E-state index < -0.39 is 15.3 Å². The molecule has 1 fully saturated rings. The first kappa shape index (κ1) is 25.0. The number of nitrogens with zero attached hydrogens (tertiary/aromatic N) is 4. The summed E-state index contributed by atoms with van der Waals surface area (Å²) in [5, 5.41) is 0.492. The fourth-order valence-electron chi connectivity index (χ4n) is 3.64. The van der Waals surface area contributed by atoms with Crippen LogP contribution in [0.2, 0.25) is 0 Å². The molecule has 1 aliphatic carbocycles. The lowest BCUT2D eigenvalue weighted by molar-refractivity contribution is -0.0756. The first-order chi connectivity index (χ1) is 15.5. The van der Waals surface area contributed by atoms with Gasteiger partial charge in [0.05, 0.1) is 12.4 Å². The highest BCUT2D eigenvalue weighted by Crippen LogP contribution is 2.39. The quantitative estimate of drug-likeness (QED) is 0.490. The van der Waals surface area contributed by atoms with E-state index in [0.29, 0.717) is 29.8 Å². The lowest BCUT2D eigenvalue weighted by Crippen LogP contribution is -2.35.